The molecule has 0 atom stereocenters. The second-order valence-corrected chi connectivity index (χ2v) is 2.80. The van der Waals surface area contributed by atoms with Gasteiger partial charge in [0.15, 0.2) is 0 Å². The van der Waals surface area contributed by atoms with Gasteiger partial charge in [0.05, 0.1) is 11.4 Å². The van der Waals surface area contributed by atoms with Crippen LogP contribution in [0.1, 0.15) is 6.92 Å². The normalized spacial score (nSPS) is 11.2. The molecule has 0 aliphatic carbocycles. The SMILES string of the molecule is C=N/C=C(\C)N(N)c1ccc(F)cc1. The topological polar surface area (TPSA) is 41.6 Å². The number of aliphatic imine (C=N–C) groups is 1. The van der Waals surface area contributed by atoms with Gasteiger partial charge >= 0.3 is 0 Å². The Morgan fingerprint density at radius 2 is 2.07 bits per heavy atom. The number of nitrogens with two attached hydrogens (primary N) is 1. The molecule has 0 saturated heterocycles. The molecule has 0 saturated carbocycles. The van der Waals surface area contributed by atoms with Crippen molar-refractivity contribution in [2.45, 2.75) is 6.92 Å². The molecule has 0 aliphatic heterocycles. The van der Waals surface area contributed by atoms with Crippen LogP contribution in [0.25, 0.3) is 0 Å². The summed E-state index contributed by atoms with van der Waals surface area (Å²) >= 11 is 0. The highest BCUT2D eigenvalue weighted by atomic mass is 19.1. The second-order valence-electron chi connectivity index (χ2n) is 2.80. The van der Waals surface area contributed by atoms with Gasteiger partial charge in [0.2, 0.25) is 0 Å². The largest absolute Gasteiger partial charge is 0.282 e. The Labute approximate surface area is 82.3 Å². The molecule has 4 heteroatoms. The van der Waals surface area contributed by atoms with E-state index in [4.69, 9.17) is 5.84 Å². The van der Waals surface area contributed by atoms with Crippen molar-refractivity contribution in [2.75, 3.05) is 5.01 Å². The molecule has 0 heterocycles. The first kappa shape index (κ1) is 10.4. The number of rotatable bonds is 3. The lowest BCUT2D eigenvalue weighted by atomic mass is 10.3. The Hall–Kier alpha value is -1.68. The van der Waals surface area contributed by atoms with Gasteiger partial charge in [-0.15, -0.1) is 0 Å². The monoisotopic (exact) mass is 193 g/mol. The first-order valence-electron chi connectivity index (χ1n) is 4.08. The predicted octanol–water partition coefficient (Wildman–Crippen LogP) is 2.07. The summed E-state index contributed by atoms with van der Waals surface area (Å²) in [4.78, 5) is 3.59. The number of halogens is 1. The van der Waals surface area contributed by atoms with Crippen LogP contribution < -0.4 is 10.9 Å². The van der Waals surface area contributed by atoms with Crippen molar-refractivity contribution in [1.29, 1.82) is 0 Å². The number of nitrogens with zero attached hydrogens (tertiary/aromatic N) is 2. The minimum absolute atomic E-state index is 0.286. The Bertz CT molecular complexity index is 343. The molecule has 0 aliphatic rings. The number of hydrogen-bond acceptors (Lipinski definition) is 3. The van der Waals surface area contributed by atoms with Gasteiger partial charge in [0.25, 0.3) is 0 Å². The van der Waals surface area contributed by atoms with Gasteiger partial charge in [0.1, 0.15) is 5.82 Å². The minimum atomic E-state index is -0.286. The van der Waals surface area contributed by atoms with Gasteiger partial charge in [0, 0.05) is 6.20 Å². The lowest BCUT2D eigenvalue weighted by Crippen LogP contribution is -2.28. The van der Waals surface area contributed by atoms with E-state index in [1.807, 2.05) is 0 Å². The van der Waals surface area contributed by atoms with Gasteiger partial charge in [-0.3, -0.25) is 10.0 Å². The number of hydrogen-bond donors (Lipinski definition) is 1. The van der Waals surface area contributed by atoms with Crippen molar-refractivity contribution in [3.8, 4) is 0 Å². The van der Waals surface area contributed by atoms with Crippen LogP contribution >= 0.6 is 0 Å². The molecule has 0 bridgehead atoms. The van der Waals surface area contributed by atoms with Crippen LogP contribution in [0, 0.1) is 5.82 Å². The van der Waals surface area contributed by atoms with E-state index in [1.54, 1.807) is 19.1 Å². The summed E-state index contributed by atoms with van der Waals surface area (Å²) in [6.07, 6.45) is 1.53. The average molecular weight is 193 g/mol. The molecule has 74 valence electrons. The second kappa shape index (κ2) is 4.53. The number of hydrazine groups is 1. The van der Waals surface area contributed by atoms with E-state index < -0.39 is 0 Å². The molecule has 0 spiro atoms. The number of allylic oxidation sites excluding steroid dienone is 1. The minimum Gasteiger partial charge on any atom is -0.282 e. The molecule has 0 fully saturated rings. The highest BCUT2D eigenvalue weighted by Gasteiger charge is 2.02. The van der Waals surface area contributed by atoms with Crippen molar-refractivity contribution in [3.63, 3.8) is 0 Å². The van der Waals surface area contributed by atoms with Crippen molar-refractivity contribution in [3.05, 3.63) is 42.0 Å². The molecular weight excluding hydrogens is 181 g/mol. The van der Waals surface area contributed by atoms with E-state index in [0.717, 1.165) is 5.70 Å². The summed E-state index contributed by atoms with van der Waals surface area (Å²) in [7, 11) is 0. The fraction of sp³-hybridized carbons (Fsp3) is 0.100. The zero-order valence-electron chi connectivity index (χ0n) is 7.94. The van der Waals surface area contributed by atoms with Crippen molar-refractivity contribution in [2.24, 2.45) is 10.8 Å². The van der Waals surface area contributed by atoms with Crippen molar-refractivity contribution >= 4 is 12.4 Å². The molecule has 0 aromatic heterocycles. The fourth-order valence-corrected chi connectivity index (χ4v) is 1.000. The predicted molar refractivity (Wildman–Crippen MR) is 56.4 cm³/mol. The molecule has 14 heavy (non-hydrogen) atoms. The maximum atomic E-state index is 12.6. The van der Waals surface area contributed by atoms with Gasteiger partial charge in [-0.2, -0.15) is 0 Å². The maximum Gasteiger partial charge on any atom is 0.123 e. The molecule has 3 nitrogen and oxygen atoms in total. The first-order chi connectivity index (χ1) is 6.65. The van der Waals surface area contributed by atoms with Crippen LogP contribution in [-0.2, 0) is 0 Å². The fourth-order valence-electron chi connectivity index (χ4n) is 1.000. The summed E-state index contributed by atoms with van der Waals surface area (Å²) in [5, 5.41) is 1.41. The third-order valence-corrected chi connectivity index (χ3v) is 1.76. The molecule has 0 amide bonds. The molecule has 1 aromatic carbocycles. The van der Waals surface area contributed by atoms with Crippen LogP contribution in [0.3, 0.4) is 0 Å². The van der Waals surface area contributed by atoms with E-state index in [2.05, 4.69) is 11.7 Å². The molecule has 2 N–H and O–H groups in total. The Morgan fingerprint density at radius 3 is 2.57 bits per heavy atom. The van der Waals surface area contributed by atoms with Crippen LogP contribution in [0.5, 0.6) is 0 Å². The molecule has 0 radical (unpaired) electrons. The number of benzene rings is 1. The van der Waals surface area contributed by atoms with Gasteiger partial charge < -0.3 is 0 Å². The van der Waals surface area contributed by atoms with Crippen molar-refractivity contribution < 1.29 is 4.39 Å². The molecule has 1 aromatic rings. The summed E-state index contributed by atoms with van der Waals surface area (Å²) in [6, 6.07) is 5.89. The highest BCUT2D eigenvalue weighted by Crippen LogP contribution is 2.15. The Morgan fingerprint density at radius 1 is 1.50 bits per heavy atom. The van der Waals surface area contributed by atoms with Crippen LogP contribution in [0.4, 0.5) is 10.1 Å². The Kier molecular flexibility index (Phi) is 3.36. The van der Waals surface area contributed by atoms with Gasteiger partial charge in [-0.25, -0.2) is 10.2 Å². The van der Waals surface area contributed by atoms with E-state index >= 15 is 0 Å². The van der Waals surface area contributed by atoms with Crippen LogP contribution in [-0.4, -0.2) is 6.72 Å². The third-order valence-electron chi connectivity index (χ3n) is 1.76. The van der Waals surface area contributed by atoms with Gasteiger partial charge in [-0.05, 0) is 37.9 Å². The standard InChI is InChI=1S/C10H12FN3/c1-8(7-13-2)14(12)10-5-3-9(11)4-6-10/h3-7H,2,12H2,1H3/b8-7+. The quantitative estimate of drug-likeness (QED) is 0.453. The lowest BCUT2D eigenvalue weighted by Gasteiger charge is -2.18. The van der Waals surface area contributed by atoms with Crippen molar-refractivity contribution in [1.82, 2.24) is 0 Å². The van der Waals surface area contributed by atoms with Crippen LogP contribution in [0.15, 0.2) is 41.2 Å². The maximum absolute atomic E-state index is 12.6. The Balaban J connectivity index is 2.89. The highest BCUT2D eigenvalue weighted by molar-refractivity contribution is 5.49. The summed E-state index contributed by atoms with van der Waals surface area (Å²) in [6.45, 7) is 5.11. The summed E-state index contributed by atoms with van der Waals surface area (Å²) < 4.78 is 12.6. The third kappa shape index (κ3) is 2.40. The van der Waals surface area contributed by atoms with E-state index in [-0.39, 0.29) is 5.82 Å². The smallest absolute Gasteiger partial charge is 0.123 e. The van der Waals surface area contributed by atoms with Gasteiger partial charge in [-0.1, -0.05) is 0 Å². The zero-order valence-corrected chi connectivity index (χ0v) is 7.94. The number of anilines is 1. The van der Waals surface area contributed by atoms with E-state index in [1.165, 1.54) is 23.3 Å². The molecule has 1 rings (SSSR count). The molecule has 0 unspecified atom stereocenters. The van der Waals surface area contributed by atoms with E-state index in [9.17, 15) is 4.39 Å². The molecular formula is C10H12FN3. The summed E-state index contributed by atoms with van der Waals surface area (Å²) in [5.74, 6) is 5.44. The zero-order chi connectivity index (χ0) is 10.6. The van der Waals surface area contributed by atoms with Crippen LogP contribution in [0.2, 0.25) is 0 Å². The lowest BCUT2D eigenvalue weighted by molar-refractivity contribution is 0.627. The summed E-state index contributed by atoms with van der Waals surface area (Å²) in [5.41, 5.74) is 1.43. The first-order valence-corrected chi connectivity index (χ1v) is 4.08. The average Bonchev–Trinajstić information content (AvgIpc) is 2.18. The van der Waals surface area contributed by atoms with E-state index in [0.29, 0.717) is 5.69 Å².